The summed E-state index contributed by atoms with van der Waals surface area (Å²) in [6.45, 7) is 17.0. The van der Waals surface area contributed by atoms with Crippen molar-refractivity contribution in [3.63, 3.8) is 0 Å². The molecule has 4 aromatic carbocycles. The molecule has 0 amide bonds. The summed E-state index contributed by atoms with van der Waals surface area (Å²) in [5.41, 5.74) is 4.79. The molecule has 48 heavy (non-hydrogen) atoms. The fourth-order valence-electron chi connectivity index (χ4n) is 4.98. The molecule has 7 nitrogen and oxygen atoms in total. The van der Waals surface area contributed by atoms with Gasteiger partial charge in [-0.15, -0.1) is 0 Å². The maximum absolute atomic E-state index is 9.30. The Labute approximate surface area is 286 Å². The van der Waals surface area contributed by atoms with Gasteiger partial charge in [-0.3, -0.25) is 0 Å². The fourth-order valence-corrected chi connectivity index (χ4v) is 4.98. The van der Waals surface area contributed by atoms with Crippen LogP contribution in [-0.2, 0) is 20.3 Å². The molecule has 2 aliphatic rings. The topological polar surface area (TPSA) is 82.2 Å². The van der Waals surface area contributed by atoms with Crippen molar-refractivity contribution in [2.24, 2.45) is 0 Å². The molecule has 0 spiro atoms. The number of aliphatic hydroxyl groups is 1. The van der Waals surface area contributed by atoms with E-state index in [1.54, 1.807) is 14.0 Å². The molecule has 258 valence electrons. The van der Waals surface area contributed by atoms with Crippen LogP contribution in [0.3, 0.4) is 0 Å². The van der Waals surface area contributed by atoms with Crippen molar-refractivity contribution in [1.29, 1.82) is 0 Å². The maximum Gasteiger partial charge on any atom is 0.119 e. The van der Waals surface area contributed by atoms with Crippen molar-refractivity contribution in [3.8, 4) is 23.0 Å². The molecule has 2 fully saturated rings. The number of hydrogen-bond acceptors (Lipinski definition) is 7. The van der Waals surface area contributed by atoms with Crippen LogP contribution >= 0.6 is 0 Å². The van der Waals surface area contributed by atoms with Gasteiger partial charge in [0, 0.05) is 10.8 Å². The Morgan fingerprint density at radius 3 is 1.31 bits per heavy atom. The zero-order valence-corrected chi connectivity index (χ0v) is 29.5. The monoisotopic (exact) mass is 656 g/mol. The SMILES string of the molecule is C1CO1.CC(O)COc1ccc(C(C)(C)c2ccc(OCC3CO3)cc2)cc1.CCOc1ccc(C(C)(C)c2ccc(OC)cc2)cc1. The van der Waals surface area contributed by atoms with Gasteiger partial charge in [-0.2, -0.15) is 0 Å². The molecule has 1 N–H and O–H groups in total. The quantitative estimate of drug-likeness (QED) is 0.146. The molecule has 0 aromatic heterocycles. The van der Waals surface area contributed by atoms with Crippen LogP contribution in [0.5, 0.6) is 23.0 Å². The van der Waals surface area contributed by atoms with E-state index in [4.69, 9.17) is 23.7 Å². The standard InChI is InChI=1S/C21H26O4.C18H22O2.C2H4O/c1-15(22)12-23-18-8-4-16(5-9-18)21(2,3)17-6-10-19(11-7-17)24-13-20-14-25-20;1-5-20-17-12-8-15(9-13-17)18(2,3)14-6-10-16(19-4)11-7-14;1-2-3-1/h4-11,15,20,22H,12-14H2,1-3H3;6-13H,5H2,1-4H3;1-2H2. The van der Waals surface area contributed by atoms with Crippen LogP contribution in [0.4, 0.5) is 0 Å². The first-order valence-corrected chi connectivity index (χ1v) is 16.7. The number of rotatable bonds is 13. The van der Waals surface area contributed by atoms with Crippen molar-refractivity contribution < 1.29 is 33.5 Å². The zero-order chi connectivity index (χ0) is 34.6. The summed E-state index contributed by atoms with van der Waals surface area (Å²) in [6, 6.07) is 32.9. The van der Waals surface area contributed by atoms with Crippen LogP contribution in [0.15, 0.2) is 97.1 Å². The first kappa shape index (κ1) is 36.8. The molecule has 4 aromatic rings. The predicted molar refractivity (Wildman–Crippen MR) is 191 cm³/mol. The van der Waals surface area contributed by atoms with E-state index in [0.29, 0.717) is 19.8 Å². The van der Waals surface area contributed by atoms with E-state index in [0.717, 1.165) is 42.8 Å². The smallest absolute Gasteiger partial charge is 0.119 e. The molecule has 2 heterocycles. The van der Waals surface area contributed by atoms with Gasteiger partial charge in [0.2, 0.25) is 0 Å². The number of hydrogen-bond donors (Lipinski definition) is 1. The summed E-state index contributed by atoms with van der Waals surface area (Å²) in [4.78, 5) is 0. The average molecular weight is 657 g/mol. The van der Waals surface area contributed by atoms with E-state index in [2.05, 4.69) is 81.0 Å². The average Bonchev–Trinajstić information content (AvgIpc) is 4.02. The molecule has 0 bridgehead atoms. The first-order valence-electron chi connectivity index (χ1n) is 16.7. The van der Waals surface area contributed by atoms with Gasteiger partial charge < -0.3 is 33.5 Å². The third-order valence-electron chi connectivity index (χ3n) is 8.38. The summed E-state index contributed by atoms with van der Waals surface area (Å²) in [7, 11) is 1.69. The van der Waals surface area contributed by atoms with Crippen molar-refractivity contribution in [2.75, 3.05) is 46.8 Å². The molecular weight excluding hydrogens is 604 g/mol. The van der Waals surface area contributed by atoms with Gasteiger partial charge in [0.1, 0.15) is 42.3 Å². The normalized spacial score (nSPS) is 15.5. The Kier molecular flexibility index (Phi) is 13.3. The minimum Gasteiger partial charge on any atom is -0.497 e. The van der Waals surface area contributed by atoms with Crippen molar-refractivity contribution in [1.82, 2.24) is 0 Å². The summed E-state index contributed by atoms with van der Waals surface area (Å²) >= 11 is 0. The van der Waals surface area contributed by atoms with Gasteiger partial charge in [-0.25, -0.2) is 0 Å². The van der Waals surface area contributed by atoms with Gasteiger partial charge in [0.05, 0.1) is 39.6 Å². The van der Waals surface area contributed by atoms with E-state index in [9.17, 15) is 5.11 Å². The minimum absolute atomic E-state index is 0.0446. The van der Waals surface area contributed by atoms with E-state index >= 15 is 0 Å². The molecule has 2 saturated heterocycles. The van der Waals surface area contributed by atoms with Crippen molar-refractivity contribution >= 4 is 0 Å². The molecule has 2 atom stereocenters. The van der Waals surface area contributed by atoms with Crippen LogP contribution in [0.2, 0.25) is 0 Å². The van der Waals surface area contributed by atoms with Gasteiger partial charge in [-0.1, -0.05) is 76.2 Å². The Bertz CT molecular complexity index is 1430. The molecule has 0 radical (unpaired) electrons. The molecule has 2 unspecified atom stereocenters. The van der Waals surface area contributed by atoms with Crippen LogP contribution < -0.4 is 18.9 Å². The second-order valence-electron chi connectivity index (χ2n) is 13.0. The fraction of sp³-hybridized carbons (Fsp3) is 0.415. The molecule has 7 heteroatoms. The number of benzene rings is 4. The largest absolute Gasteiger partial charge is 0.497 e. The number of epoxide rings is 2. The number of aliphatic hydroxyl groups excluding tert-OH is 1. The van der Waals surface area contributed by atoms with Gasteiger partial charge in [0.15, 0.2) is 0 Å². The van der Waals surface area contributed by atoms with Crippen LogP contribution in [-0.4, -0.2) is 64.1 Å². The summed E-state index contributed by atoms with van der Waals surface area (Å²) in [5.74, 6) is 3.45. The van der Waals surface area contributed by atoms with Gasteiger partial charge in [-0.05, 0) is 84.6 Å². The van der Waals surface area contributed by atoms with E-state index < -0.39 is 6.10 Å². The first-order chi connectivity index (χ1) is 23.0. The lowest BCUT2D eigenvalue weighted by Gasteiger charge is -2.26. The summed E-state index contributed by atoms with van der Waals surface area (Å²) < 4.78 is 31.6. The third-order valence-corrected chi connectivity index (χ3v) is 8.38. The Morgan fingerprint density at radius 2 is 1.00 bits per heavy atom. The number of ether oxygens (including phenoxy) is 6. The summed E-state index contributed by atoms with van der Waals surface area (Å²) in [5, 5.41) is 9.30. The van der Waals surface area contributed by atoms with E-state index in [1.165, 1.54) is 22.3 Å². The lowest BCUT2D eigenvalue weighted by Crippen LogP contribution is -2.19. The molecular formula is C41H52O7. The Hall–Kier alpha value is -4.04. The molecule has 0 aliphatic carbocycles. The van der Waals surface area contributed by atoms with Crippen molar-refractivity contribution in [3.05, 3.63) is 119 Å². The highest BCUT2D eigenvalue weighted by Gasteiger charge is 2.25. The second kappa shape index (κ2) is 17.4. The number of methoxy groups -OCH3 is 1. The van der Waals surface area contributed by atoms with Crippen molar-refractivity contribution in [2.45, 2.75) is 64.6 Å². The maximum atomic E-state index is 9.30. The predicted octanol–water partition coefficient (Wildman–Crippen LogP) is 7.99. The van der Waals surface area contributed by atoms with E-state index in [-0.39, 0.29) is 16.9 Å². The van der Waals surface area contributed by atoms with Gasteiger partial charge in [0.25, 0.3) is 0 Å². The highest BCUT2D eigenvalue weighted by Crippen LogP contribution is 2.34. The molecule has 6 rings (SSSR count). The van der Waals surface area contributed by atoms with Crippen LogP contribution in [0.1, 0.15) is 63.8 Å². The lowest BCUT2D eigenvalue weighted by molar-refractivity contribution is 0.122. The summed E-state index contributed by atoms with van der Waals surface area (Å²) in [6.07, 6.45) is -0.200. The molecule has 0 saturated carbocycles. The van der Waals surface area contributed by atoms with Crippen LogP contribution in [0.25, 0.3) is 0 Å². The van der Waals surface area contributed by atoms with Gasteiger partial charge >= 0.3 is 0 Å². The Morgan fingerprint density at radius 1 is 0.646 bits per heavy atom. The highest BCUT2D eigenvalue weighted by molar-refractivity contribution is 5.43. The second-order valence-corrected chi connectivity index (χ2v) is 13.0. The molecule has 2 aliphatic heterocycles. The zero-order valence-electron chi connectivity index (χ0n) is 29.5. The van der Waals surface area contributed by atoms with E-state index in [1.807, 2.05) is 55.5 Å². The van der Waals surface area contributed by atoms with Crippen LogP contribution in [0, 0.1) is 0 Å². The third kappa shape index (κ3) is 11.3. The minimum atomic E-state index is -0.469. The Balaban J connectivity index is 0.000000203. The lowest BCUT2D eigenvalue weighted by atomic mass is 9.78. The highest BCUT2D eigenvalue weighted by atomic mass is 16.6.